The van der Waals surface area contributed by atoms with Crippen molar-refractivity contribution in [3.63, 3.8) is 0 Å². The Labute approximate surface area is 139 Å². The van der Waals surface area contributed by atoms with Gasteiger partial charge in [-0.15, -0.1) is 0 Å². The van der Waals surface area contributed by atoms with E-state index in [0.717, 1.165) is 12.8 Å². The van der Waals surface area contributed by atoms with Gasteiger partial charge in [-0.25, -0.2) is 18.6 Å². The first-order chi connectivity index (χ1) is 11.4. The van der Waals surface area contributed by atoms with E-state index in [0.29, 0.717) is 6.42 Å². The molecule has 1 saturated carbocycles. The third-order valence-electron chi connectivity index (χ3n) is 4.30. The number of sulfone groups is 1. The van der Waals surface area contributed by atoms with Gasteiger partial charge in [0.25, 0.3) is 5.91 Å². The molecule has 0 bridgehead atoms. The largest absolute Gasteiger partial charge is 0.451 e. The van der Waals surface area contributed by atoms with Crippen LogP contribution in [0.5, 0.6) is 0 Å². The molecule has 0 aromatic rings. The van der Waals surface area contributed by atoms with Crippen LogP contribution in [0.25, 0.3) is 0 Å². The van der Waals surface area contributed by atoms with E-state index in [1.165, 1.54) is 0 Å². The summed E-state index contributed by atoms with van der Waals surface area (Å²) in [4.78, 5) is 36.8. The van der Waals surface area contributed by atoms with Gasteiger partial charge < -0.3 is 9.64 Å². The van der Waals surface area contributed by atoms with E-state index < -0.39 is 22.4 Å². The van der Waals surface area contributed by atoms with Gasteiger partial charge in [-0.3, -0.25) is 9.59 Å². The Morgan fingerprint density at radius 1 is 1.21 bits per heavy atom. The fourth-order valence-corrected chi connectivity index (χ4v) is 4.67. The number of rotatable bonds is 5. The lowest BCUT2D eigenvalue weighted by molar-refractivity contribution is -0.148. The predicted octanol–water partition coefficient (Wildman–Crippen LogP) is -1.03. The molecule has 24 heavy (non-hydrogen) atoms. The van der Waals surface area contributed by atoms with E-state index in [9.17, 15) is 22.8 Å². The van der Waals surface area contributed by atoms with Crippen LogP contribution >= 0.6 is 0 Å². The number of carbonyl (C=O) groups excluding carboxylic acids is 3. The summed E-state index contributed by atoms with van der Waals surface area (Å²) >= 11 is 0. The second-order valence-electron chi connectivity index (χ2n) is 6.26. The van der Waals surface area contributed by atoms with Crippen molar-refractivity contribution in [3.05, 3.63) is 0 Å². The molecule has 1 saturated heterocycles. The highest BCUT2D eigenvalue weighted by Gasteiger charge is 2.42. The Morgan fingerprint density at radius 2 is 1.96 bits per heavy atom. The fourth-order valence-electron chi connectivity index (χ4n) is 2.96. The molecular weight excluding hydrogens is 338 g/mol. The number of ether oxygens (including phenoxy) is 1. The first-order valence-electron chi connectivity index (χ1n) is 7.90. The summed E-state index contributed by atoms with van der Waals surface area (Å²) in [6.45, 7) is -0.446. The van der Waals surface area contributed by atoms with Crippen LogP contribution in [0.1, 0.15) is 32.1 Å². The van der Waals surface area contributed by atoms with Crippen molar-refractivity contribution in [3.8, 4) is 0 Å². The zero-order chi connectivity index (χ0) is 17.3. The first kappa shape index (κ1) is 16.9. The number of amides is 2. The van der Waals surface area contributed by atoms with Gasteiger partial charge in [-0.1, -0.05) is 0 Å². The molecule has 9 nitrogen and oxygen atoms in total. The Bertz CT molecular complexity index is 697. The van der Waals surface area contributed by atoms with E-state index in [1.54, 1.807) is 4.90 Å². The molecule has 2 amide bonds. The van der Waals surface area contributed by atoms with Crippen molar-refractivity contribution in [2.75, 3.05) is 18.1 Å². The number of hydrazone groups is 1. The highest BCUT2D eigenvalue weighted by Crippen LogP contribution is 2.32. The molecule has 2 fully saturated rings. The van der Waals surface area contributed by atoms with E-state index in [2.05, 4.69) is 10.5 Å². The van der Waals surface area contributed by atoms with Crippen molar-refractivity contribution in [1.29, 1.82) is 0 Å². The van der Waals surface area contributed by atoms with Crippen molar-refractivity contribution in [2.45, 2.75) is 44.2 Å². The summed E-state index contributed by atoms with van der Waals surface area (Å²) in [5, 5.41) is 3.62. The third kappa shape index (κ3) is 3.92. The van der Waals surface area contributed by atoms with Crippen LogP contribution < -0.4 is 5.43 Å². The molecule has 0 aromatic carbocycles. The summed E-state index contributed by atoms with van der Waals surface area (Å²) in [6.07, 6.45) is 2.43. The van der Waals surface area contributed by atoms with Crippen LogP contribution in [0.15, 0.2) is 5.10 Å². The van der Waals surface area contributed by atoms with Crippen molar-refractivity contribution < 1.29 is 27.5 Å². The van der Waals surface area contributed by atoms with Gasteiger partial charge in [0.1, 0.15) is 5.71 Å². The summed E-state index contributed by atoms with van der Waals surface area (Å²) in [7, 11) is -3.09. The van der Waals surface area contributed by atoms with Gasteiger partial charge in [0.2, 0.25) is 5.91 Å². The zero-order valence-electron chi connectivity index (χ0n) is 13.1. The highest BCUT2D eigenvalue weighted by atomic mass is 32.2. The SMILES string of the molecule is O=C1CCC(C(=O)OCC(=O)N(C2CC2)[C@H]2CCS(=O)(=O)C2)=NN1. The molecule has 0 unspecified atom stereocenters. The fraction of sp³-hybridized carbons (Fsp3) is 0.714. The monoisotopic (exact) mass is 357 g/mol. The van der Waals surface area contributed by atoms with Gasteiger partial charge in [0.05, 0.1) is 11.5 Å². The highest BCUT2D eigenvalue weighted by molar-refractivity contribution is 7.91. The van der Waals surface area contributed by atoms with E-state index in [1.807, 2.05) is 0 Å². The first-order valence-corrected chi connectivity index (χ1v) is 9.72. The number of esters is 1. The number of carbonyl (C=O) groups is 3. The quantitative estimate of drug-likeness (QED) is 0.628. The summed E-state index contributed by atoms with van der Waals surface area (Å²) in [5.74, 6) is -1.33. The third-order valence-corrected chi connectivity index (χ3v) is 6.05. The number of nitrogens with zero attached hydrogens (tertiary/aromatic N) is 2. The maximum atomic E-state index is 12.4. The van der Waals surface area contributed by atoms with E-state index >= 15 is 0 Å². The Hall–Kier alpha value is -1.97. The van der Waals surface area contributed by atoms with Crippen LogP contribution in [0, 0.1) is 0 Å². The second-order valence-corrected chi connectivity index (χ2v) is 8.49. The van der Waals surface area contributed by atoms with Crippen molar-refractivity contribution >= 4 is 33.3 Å². The van der Waals surface area contributed by atoms with Gasteiger partial charge in [0, 0.05) is 24.9 Å². The Kier molecular flexibility index (Phi) is 4.57. The molecule has 2 aliphatic heterocycles. The van der Waals surface area contributed by atoms with E-state index in [4.69, 9.17) is 4.74 Å². The molecule has 10 heteroatoms. The molecule has 1 N–H and O–H groups in total. The molecule has 1 aliphatic carbocycles. The van der Waals surface area contributed by atoms with Gasteiger partial charge in [-0.2, -0.15) is 5.10 Å². The molecule has 3 rings (SSSR count). The molecule has 0 spiro atoms. The lowest BCUT2D eigenvalue weighted by Crippen LogP contribution is -2.45. The lowest BCUT2D eigenvalue weighted by atomic mass is 10.2. The molecule has 0 radical (unpaired) electrons. The second kappa shape index (κ2) is 6.50. The molecule has 132 valence electrons. The Balaban J connectivity index is 1.56. The number of nitrogens with one attached hydrogen (secondary N) is 1. The van der Waals surface area contributed by atoms with Crippen molar-refractivity contribution in [2.24, 2.45) is 5.10 Å². The molecule has 2 heterocycles. The minimum Gasteiger partial charge on any atom is -0.451 e. The summed E-state index contributed by atoms with van der Waals surface area (Å²) in [5.41, 5.74) is 2.26. The van der Waals surface area contributed by atoms with Crippen molar-refractivity contribution in [1.82, 2.24) is 10.3 Å². The lowest BCUT2D eigenvalue weighted by Gasteiger charge is -2.28. The van der Waals surface area contributed by atoms with Crippen LogP contribution in [-0.2, 0) is 29.0 Å². The zero-order valence-corrected chi connectivity index (χ0v) is 13.9. The van der Waals surface area contributed by atoms with Crippen LogP contribution in [0.4, 0.5) is 0 Å². The standard InChI is InChI=1S/C14H19N3O6S/c18-12-4-3-11(15-16-12)14(20)23-7-13(19)17(9-1-2-9)10-5-6-24(21,22)8-10/h9-10H,1-8H2,(H,16,18)/t10-/m0/s1. The predicted molar refractivity (Wildman–Crippen MR) is 82.7 cm³/mol. The minimum atomic E-state index is -3.09. The smallest absolute Gasteiger partial charge is 0.355 e. The molecular formula is C14H19N3O6S. The normalized spacial score (nSPS) is 25.6. The summed E-state index contributed by atoms with van der Waals surface area (Å²) in [6, 6.07) is -0.291. The molecule has 3 aliphatic rings. The average Bonchev–Trinajstić information content (AvgIpc) is 3.29. The van der Waals surface area contributed by atoms with E-state index in [-0.39, 0.29) is 54.0 Å². The van der Waals surface area contributed by atoms with Gasteiger partial charge in [0.15, 0.2) is 16.4 Å². The number of hydrogen-bond donors (Lipinski definition) is 1. The molecule has 1 atom stereocenters. The molecule has 0 aromatic heterocycles. The van der Waals surface area contributed by atoms with Gasteiger partial charge >= 0.3 is 5.97 Å². The minimum absolute atomic E-state index is 0.0259. The van der Waals surface area contributed by atoms with Gasteiger partial charge in [-0.05, 0) is 19.3 Å². The number of hydrogen-bond acceptors (Lipinski definition) is 7. The average molecular weight is 357 g/mol. The maximum Gasteiger partial charge on any atom is 0.355 e. The van der Waals surface area contributed by atoms with Crippen LogP contribution in [0.2, 0.25) is 0 Å². The topological polar surface area (TPSA) is 122 Å². The van der Waals surface area contributed by atoms with Crippen LogP contribution in [0.3, 0.4) is 0 Å². The summed E-state index contributed by atoms with van der Waals surface area (Å²) < 4.78 is 28.3. The maximum absolute atomic E-state index is 12.4. The Morgan fingerprint density at radius 3 is 2.50 bits per heavy atom. The van der Waals surface area contributed by atoms with Crippen LogP contribution in [-0.4, -0.2) is 67.0 Å².